The van der Waals surface area contributed by atoms with Crippen LogP contribution < -0.4 is 4.90 Å². The van der Waals surface area contributed by atoms with Gasteiger partial charge in [0, 0.05) is 25.4 Å². The largest absolute Gasteiger partial charge is 0.449 e. The fraction of sp³-hybridized carbons (Fsp3) is 0.250. The van der Waals surface area contributed by atoms with Crippen LogP contribution in [0.3, 0.4) is 0 Å². The summed E-state index contributed by atoms with van der Waals surface area (Å²) in [4.78, 5) is 14.1. The van der Waals surface area contributed by atoms with Gasteiger partial charge in [0.2, 0.25) is 0 Å². The van der Waals surface area contributed by atoms with E-state index < -0.39 is 6.10 Å². The minimum atomic E-state index is -0.435. The van der Waals surface area contributed by atoms with Gasteiger partial charge in [0.15, 0.2) is 6.10 Å². The molecule has 1 unspecified atom stereocenters. The number of benzene rings is 2. The Labute approximate surface area is 138 Å². The average Bonchev–Trinajstić information content (AvgIpc) is 2.52. The molecule has 1 atom stereocenters. The second-order valence-corrected chi connectivity index (χ2v) is 5.97. The van der Waals surface area contributed by atoms with E-state index in [0.717, 1.165) is 22.4 Å². The zero-order chi connectivity index (χ0) is 17.0. The number of carbonyl (C=O) groups is 1. The first-order valence-corrected chi connectivity index (χ1v) is 7.59. The first kappa shape index (κ1) is 16.8. The summed E-state index contributed by atoms with van der Waals surface area (Å²) in [7, 11) is 3.99. The molecule has 0 aliphatic heterocycles. The molecule has 120 valence electrons. The lowest BCUT2D eigenvalue weighted by Crippen LogP contribution is -2.14. The molecule has 0 bridgehead atoms. The molecule has 0 heterocycles. The van der Waals surface area contributed by atoms with Gasteiger partial charge in [0.1, 0.15) is 0 Å². The summed E-state index contributed by atoms with van der Waals surface area (Å²) in [5, 5.41) is 0. The highest BCUT2D eigenvalue weighted by Gasteiger charge is 2.19. The third-order valence-electron chi connectivity index (χ3n) is 3.63. The molecule has 3 heteroatoms. The number of anilines is 1. The highest BCUT2D eigenvalue weighted by molar-refractivity contribution is 5.87. The number of carbonyl (C=O) groups excluding carboxylic acids is 1. The predicted octanol–water partition coefficient (Wildman–Crippen LogP) is 4.27. The summed E-state index contributed by atoms with van der Waals surface area (Å²) < 4.78 is 5.69. The number of nitrogens with zero attached hydrogens (tertiary/aromatic N) is 1. The Kier molecular flexibility index (Phi) is 5.22. The molecule has 0 saturated carbocycles. The van der Waals surface area contributed by atoms with Crippen molar-refractivity contribution in [1.82, 2.24) is 0 Å². The molecule has 0 fully saturated rings. The van der Waals surface area contributed by atoms with Crippen LogP contribution in [-0.4, -0.2) is 20.1 Å². The van der Waals surface area contributed by atoms with Crippen LogP contribution >= 0.6 is 0 Å². The number of rotatable bonds is 5. The van der Waals surface area contributed by atoms with Crippen LogP contribution in [0, 0.1) is 6.92 Å². The van der Waals surface area contributed by atoms with Crippen molar-refractivity contribution in [1.29, 1.82) is 0 Å². The molecule has 0 amide bonds. The number of hydrogen-bond donors (Lipinski definition) is 0. The quantitative estimate of drug-likeness (QED) is 0.610. The second-order valence-electron chi connectivity index (χ2n) is 5.97. The van der Waals surface area contributed by atoms with Crippen molar-refractivity contribution >= 4 is 11.7 Å². The lowest BCUT2D eigenvalue weighted by Gasteiger charge is -2.20. The van der Waals surface area contributed by atoms with Crippen molar-refractivity contribution in [2.24, 2.45) is 0 Å². The summed E-state index contributed by atoms with van der Waals surface area (Å²) in [5.41, 5.74) is 4.52. The maximum atomic E-state index is 12.0. The number of esters is 1. The van der Waals surface area contributed by atoms with E-state index in [1.165, 1.54) is 0 Å². The van der Waals surface area contributed by atoms with E-state index in [4.69, 9.17) is 4.74 Å². The standard InChI is InChI=1S/C20H23NO2/c1-14(2)20(22)23-19(17-8-6-7-15(3)13-17)16-9-11-18(12-10-16)21(4)5/h6-13,19H,1H2,2-5H3. The Balaban J connectivity index is 2.40. The molecule has 2 aromatic carbocycles. The van der Waals surface area contributed by atoms with Gasteiger partial charge in [0.25, 0.3) is 0 Å². The number of hydrogen-bond acceptors (Lipinski definition) is 3. The van der Waals surface area contributed by atoms with Gasteiger partial charge in [0.05, 0.1) is 0 Å². The van der Waals surface area contributed by atoms with Crippen LogP contribution in [0.25, 0.3) is 0 Å². The van der Waals surface area contributed by atoms with Crippen LogP contribution in [0.1, 0.15) is 29.7 Å². The highest BCUT2D eigenvalue weighted by Crippen LogP contribution is 2.29. The van der Waals surface area contributed by atoms with E-state index in [0.29, 0.717) is 5.57 Å². The van der Waals surface area contributed by atoms with Crippen molar-refractivity contribution in [3.63, 3.8) is 0 Å². The highest BCUT2D eigenvalue weighted by atomic mass is 16.5. The summed E-state index contributed by atoms with van der Waals surface area (Å²) in [5.74, 6) is -0.381. The lowest BCUT2D eigenvalue weighted by molar-refractivity contribution is -0.142. The van der Waals surface area contributed by atoms with Crippen molar-refractivity contribution in [2.45, 2.75) is 20.0 Å². The van der Waals surface area contributed by atoms with Gasteiger partial charge in [-0.05, 0) is 37.1 Å². The molecule has 0 aliphatic rings. The van der Waals surface area contributed by atoms with Gasteiger partial charge in [-0.2, -0.15) is 0 Å². The molecule has 0 saturated heterocycles. The molecule has 0 aromatic heterocycles. The van der Waals surface area contributed by atoms with Crippen molar-refractivity contribution in [3.8, 4) is 0 Å². The van der Waals surface area contributed by atoms with Crippen molar-refractivity contribution in [3.05, 3.63) is 77.4 Å². The zero-order valence-electron chi connectivity index (χ0n) is 14.2. The van der Waals surface area contributed by atoms with Crippen LogP contribution in [0.2, 0.25) is 0 Å². The third-order valence-corrected chi connectivity index (χ3v) is 3.63. The Morgan fingerprint density at radius 1 is 1.09 bits per heavy atom. The predicted molar refractivity (Wildman–Crippen MR) is 94.7 cm³/mol. The fourth-order valence-corrected chi connectivity index (χ4v) is 2.32. The molecule has 23 heavy (non-hydrogen) atoms. The van der Waals surface area contributed by atoms with Gasteiger partial charge in [-0.1, -0.05) is 48.5 Å². The van der Waals surface area contributed by atoms with E-state index in [9.17, 15) is 4.79 Å². The molecule has 0 N–H and O–H groups in total. The monoisotopic (exact) mass is 309 g/mol. The summed E-state index contributed by atoms with van der Waals surface area (Å²) >= 11 is 0. The van der Waals surface area contributed by atoms with Crippen LogP contribution in [0.4, 0.5) is 5.69 Å². The van der Waals surface area contributed by atoms with Gasteiger partial charge in [-0.3, -0.25) is 0 Å². The van der Waals surface area contributed by atoms with Gasteiger partial charge < -0.3 is 9.64 Å². The van der Waals surface area contributed by atoms with E-state index in [2.05, 4.69) is 6.58 Å². The number of ether oxygens (including phenoxy) is 1. The van der Waals surface area contributed by atoms with E-state index in [-0.39, 0.29) is 5.97 Å². The van der Waals surface area contributed by atoms with Crippen molar-refractivity contribution < 1.29 is 9.53 Å². The molecule has 2 aromatic rings. The topological polar surface area (TPSA) is 29.5 Å². The zero-order valence-corrected chi connectivity index (χ0v) is 14.2. The fourth-order valence-electron chi connectivity index (χ4n) is 2.32. The van der Waals surface area contributed by atoms with E-state index in [1.807, 2.05) is 74.4 Å². The number of aryl methyl sites for hydroxylation is 1. The lowest BCUT2D eigenvalue weighted by atomic mass is 9.99. The Morgan fingerprint density at radius 2 is 1.74 bits per heavy atom. The molecule has 0 radical (unpaired) electrons. The normalized spacial score (nSPS) is 11.7. The Bertz CT molecular complexity index is 702. The molecule has 0 spiro atoms. The van der Waals surface area contributed by atoms with Gasteiger partial charge in [-0.25, -0.2) is 4.79 Å². The third kappa shape index (κ3) is 4.22. The smallest absolute Gasteiger partial charge is 0.334 e. The maximum Gasteiger partial charge on any atom is 0.334 e. The van der Waals surface area contributed by atoms with Crippen LogP contribution in [0.5, 0.6) is 0 Å². The Hall–Kier alpha value is -2.55. The summed E-state index contributed by atoms with van der Waals surface area (Å²) in [6.45, 7) is 7.35. The van der Waals surface area contributed by atoms with Crippen molar-refractivity contribution in [2.75, 3.05) is 19.0 Å². The van der Waals surface area contributed by atoms with Gasteiger partial charge in [-0.15, -0.1) is 0 Å². The minimum absolute atomic E-state index is 0.381. The van der Waals surface area contributed by atoms with Gasteiger partial charge >= 0.3 is 5.97 Å². The first-order chi connectivity index (χ1) is 10.9. The first-order valence-electron chi connectivity index (χ1n) is 7.59. The Morgan fingerprint density at radius 3 is 2.26 bits per heavy atom. The van der Waals surface area contributed by atoms with E-state index >= 15 is 0 Å². The average molecular weight is 309 g/mol. The molecule has 0 aliphatic carbocycles. The maximum absolute atomic E-state index is 12.0. The summed E-state index contributed by atoms with van der Waals surface area (Å²) in [6, 6.07) is 16.0. The summed E-state index contributed by atoms with van der Waals surface area (Å²) in [6.07, 6.45) is -0.435. The van der Waals surface area contributed by atoms with Crippen LogP contribution in [-0.2, 0) is 9.53 Å². The molecule has 3 nitrogen and oxygen atoms in total. The molecule has 2 rings (SSSR count). The van der Waals surface area contributed by atoms with E-state index in [1.54, 1.807) is 6.92 Å². The second kappa shape index (κ2) is 7.14. The molecular weight excluding hydrogens is 286 g/mol. The van der Waals surface area contributed by atoms with Crippen LogP contribution in [0.15, 0.2) is 60.7 Å². The molecular formula is C20H23NO2. The minimum Gasteiger partial charge on any atom is -0.449 e. The SMILES string of the molecule is C=C(C)C(=O)OC(c1ccc(N(C)C)cc1)c1cccc(C)c1.